The van der Waals surface area contributed by atoms with Gasteiger partial charge in [-0.25, -0.2) is 31.3 Å². The summed E-state index contributed by atoms with van der Waals surface area (Å²) in [5.74, 6) is -5.19. The largest absolute Gasteiger partial charge is 0.378 e. The number of carbonyl (C=O) groups is 2. The van der Waals surface area contributed by atoms with Crippen LogP contribution in [0.15, 0.2) is 42.5 Å². The van der Waals surface area contributed by atoms with Crippen LogP contribution in [-0.4, -0.2) is 53.2 Å². The number of fused-ring (bicyclic) bond motifs is 4. The van der Waals surface area contributed by atoms with Crippen molar-refractivity contribution >= 4 is 34.1 Å². The predicted octanol–water partition coefficient (Wildman–Crippen LogP) is 8.39. The van der Waals surface area contributed by atoms with Crippen molar-refractivity contribution in [2.75, 3.05) is 0 Å². The highest BCUT2D eigenvalue weighted by Gasteiger charge is 2.67. The first-order chi connectivity index (χ1) is 26.7. The van der Waals surface area contributed by atoms with E-state index in [4.69, 9.17) is 16.6 Å². The molecule has 0 bridgehead atoms. The quantitative estimate of drug-likeness (QED) is 0.100. The SMILES string of the molecule is Cn1nc(CC(=O)C(F)F)c2c(Cl)ccc(-c3ccc(C#CC(C)(C)O)nc3[C@@H](CC(=O)Cn3nc(C(F)F)c4c3C(F)(F)[C@@H]3C[C@H]43)Cc3cc(F)cc(F)c3)c21. The lowest BCUT2D eigenvalue weighted by Crippen LogP contribution is -2.24. The lowest BCUT2D eigenvalue weighted by Gasteiger charge is -2.22. The first kappa shape index (κ1) is 40.1. The zero-order valence-electron chi connectivity index (χ0n) is 30.4. The molecule has 7 rings (SSSR count). The summed E-state index contributed by atoms with van der Waals surface area (Å²) < 4.78 is 117. The van der Waals surface area contributed by atoms with E-state index < -0.39 is 96.1 Å². The van der Waals surface area contributed by atoms with Crippen LogP contribution < -0.4 is 0 Å². The fourth-order valence-electron chi connectivity index (χ4n) is 7.70. The lowest BCUT2D eigenvalue weighted by atomic mass is 9.86. The summed E-state index contributed by atoms with van der Waals surface area (Å²) in [7, 11) is 1.49. The first-order valence-electron chi connectivity index (χ1n) is 17.7. The molecular formula is C40H32ClF8N5O3. The van der Waals surface area contributed by atoms with Crippen LogP contribution in [0, 0.1) is 29.4 Å². The second-order valence-corrected chi connectivity index (χ2v) is 15.3. The highest BCUT2D eigenvalue weighted by Crippen LogP contribution is 2.68. The molecule has 2 aromatic carbocycles. The number of ketones is 2. The third kappa shape index (κ3) is 7.79. The number of aryl methyl sites for hydroxylation is 1. The number of nitrogens with zero attached hydrogens (tertiary/aromatic N) is 5. The third-order valence-electron chi connectivity index (χ3n) is 10.1. The van der Waals surface area contributed by atoms with E-state index >= 15 is 8.78 Å². The van der Waals surface area contributed by atoms with Gasteiger partial charge in [0, 0.05) is 53.4 Å². The van der Waals surface area contributed by atoms with E-state index in [1.165, 1.54) is 37.7 Å². The van der Waals surface area contributed by atoms with Crippen LogP contribution in [0.1, 0.15) is 84.5 Å². The Morgan fingerprint density at radius 3 is 2.35 bits per heavy atom. The molecule has 2 aliphatic rings. The number of alkyl halides is 6. The van der Waals surface area contributed by atoms with E-state index in [0.717, 1.165) is 12.1 Å². The molecule has 57 heavy (non-hydrogen) atoms. The van der Waals surface area contributed by atoms with E-state index in [9.17, 15) is 41.0 Å². The van der Waals surface area contributed by atoms with Crippen LogP contribution in [-0.2, 0) is 41.9 Å². The number of rotatable bonds is 12. The Hall–Kier alpha value is -5.14. The molecule has 8 nitrogen and oxygen atoms in total. The number of carbonyl (C=O) groups excluding carboxylic acids is 2. The van der Waals surface area contributed by atoms with Crippen molar-refractivity contribution in [2.45, 2.75) is 82.3 Å². The predicted molar refractivity (Wildman–Crippen MR) is 191 cm³/mol. The Morgan fingerprint density at radius 1 is 1.02 bits per heavy atom. The molecule has 298 valence electrons. The van der Waals surface area contributed by atoms with Gasteiger partial charge in [0.05, 0.1) is 28.3 Å². The maximum absolute atomic E-state index is 15.4. The van der Waals surface area contributed by atoms with Crippen molar-refractivity contribution in [1.29, 1.82) is 0 Å². The van der Waals surface area contributed by atoms with Crippen molar-refractivity contribution in [3.8, 4) is 23.0 Å². The van der Waals surface area contributed by atoms with Crippen molar-refractivity contribution in [1.82, 2.24) is 24.5 Å². The Labute approximate surface area is 324 Å². The topological polar surface area (TPSA) is 103 Å². The second kappa shape index (κ2) is 14.7. The number of hydrogen-bond donors (Lipinski definition) is 1. The molecule has 5 aromatic rings. The minimum Gasteiger partial charge on any atom is -0.378 e. The summed E-state index contributed by atoms with van der Waals surface area (Å²) in [6, 6.07) is 8.76. The standard InChI is InChI=1S/C40H32ClF8N5O3/c1-39(2,57)9-8-22-4-5-24(25-6-7-28(41)32-29(16-30(56)37(44)45)51-53(3)35(25)32)33(50-22)19(10-18-11-20(42)14-21(43)12-18)13-23(55)17-54-36-31(34(52-54)38(46)47)26-15-27(26)40(36,48)49/h4-7,11-12,14,19,26-27,37-38,57H,10,13,15-17H2,1-3H3/t19-,26+,27-/m1/s1. The molecule has 0 unspecified atom stereocenters. The molecule has 1 fully saturated rings. The Bertz CT molecular complexity index is 2500. The van der Waals surface area contributed by atoms with Crippen molar-refractivity contribution < 1.29 is 49.8 Å². The lowest BCUT2D eigenvalue weighted by molar-refractivity contribution is -0.128. The molecule has 1 N–H and O–H groups in total. The number of aliphatic hydroxyl groups is 1. The van der Waals surface area contributed by atoms with E-state index in [1.807, 2.05) is 0 Å². The molecule has 3 heterocycles. The summed E-state index contributed by atoms with van der Waals surface area (Å²) in [5.41, 5.74) is -2.18. The highest BCUT2D eigenvalue weighted by atomic mass is 35.5. The van der Waals surface area contributed by atoms with Gasteiger partial charge in [0.2, 0.25) is 5.78 Å². The molecule has 0 amide bonds. The van der Waals surface area contributed by atoms with E-state index in [-0.39, 0.29) is 62.5 Å². The van der Waals surface area contributed by atoms with Crippen LogP contribution >= 0.6 is 11.6 Å². The normalized spacial score (nSPS) is 17.5. The second-order valence-electron chi connectivity index (χ2n) is 14.9. The summed E-state index contributed by atoms with van der Waals surface area (Å²) in [6.07, 6.45) is -7.97. The summed E-state index contributed by atoms with van der Waals surface area (Å²) in [4.78, 5) is 30.8. The van der Waals surface area contributed by atoms with Crippen LogP contribution in [0.25, 0.3) is 22.0 Å². The van der Waals surface area contributed by atoms with Gasteiger partial charge in [0.1, 0.15) is 40.9 Å². The minimum atomic E-state index is -3.50. The Kier molecular flexibility index (Phi) is 10.3. The van der Waals surface area contributed by atoms with Gasteiger partial charge in [-0.3, -0.25) is 19.0 Å². The maximum Gasteiger partial charge on any atom is 0.296 e. The van der Waals surface area contributed by atoms with Gasteiger partial charge >= 0.3 is 0 Å². The van der Waals surface area contributed by atoms with E-state index in [1.54, 1.807) is 12.1 Å². The molecule has 1 saturated carbocycles. The van der Waals surface area contributed by atoms with Crippen LogP contribution in [0.3, 0.4) is 0 Å². The van der Waals surface area contributed by atoms with Gasteiger partial charge in [0.25, 0.3) is 18.8 Å². The van der Waals surface area contributed by atoms with Crippen LogP contribution in [0.2, 0.25) is 5.02 Å². The minimum absolute atomic E-state index is 0.0193. The molecule has 0 saturated heterocycles. The molecule has 0 spiro atoms. The van der Waals surface area contributed by atoms with Gasteiger partial charge in [-0.2, -0.15) is 19.0 Å². The third-order valence-corrected chi connectivity index (χ3v) is 10.4. The average Bonchev–Trinajstić information content (AvgIpc) is 3.65. The van der Waals surface area contributed by atoms with E-state index in [2.05, 4.69) is 22.0 Å². The van der Waals surface area contributed by atoms with Crippen LogP contribution in [0.4, 0.5) is 35.1 Å². The summed E-state index contributed by atoms with van der Waals surface area (Å²) >= 11 is 6.55. The number of hydrogen-bond acceptors (Lipinski definition) is 6. The fraction of sp³-hybridized carbons (Fsp3) is 0.375. The number of halogens is 9. The monoisotopic (exact) mass is 817 g/mol. The highest BCUT2D eigenvalue weighted by molar-refractivity contribution is 6.36. The summed E-state index contributed by atoms with van der Waals surface area (Å²) in [5, 5.41) is 18.6. The molecule has 3 aromatic heterocycles. The van der Waals surface area contributed by atoms with Gasteiger partial charge < -0.3 is 5.11 Å². The number of pyridine rings is 1. The molecule has 2 aliphatic carbocycles. The molecule has 0 radical (unpaired) electrons. The van der Waals surface area contributed by atoms with Gasteiger partial charge in [-0.15, -0.1) is 0 Å². The summed E-state index contributed by atoms with van der Waals surface area (Å²) in [6.45, 7) is 2.02. The van der Waals surface area contributed by atoms with Gasteiger partial charge in [-0.05, 0) is 74.4 Å². The van der Waals surface area contributed by atoms with Crippen molar-refractivity contribution in [3.05, 3.63) is 98.7 Å². The smallest absolute Gasteiger partial charge is 0.296 e. The Morgan fingerprint density at radius 2 is 1.70 bits per heavy atom. The van der Waals surface area contributed by atoms with Gasteiger partial charge in [-0.1, -0.05) is 23.6 Å². The van der Waals surface area contributed by atoms with E-state index in [0.29, 0.717) is 16.3 Å². The Balaban J connectivity index is 1.38. The van der Waals surface area contributed by atoms with Crippen molar-refractivity contribution in [2.24, 2.45) is 13.0 Å². The number of aromatic nitrogens is 5. The molecule has 0 aliphatic heterocycles. The first-order valence-corrected chi connectivity index (χ1v) is 18.1. The maximum atomic E-state index is 15.4. The molecular weight excluding hydrogens is 786 g/mol. The zero-order chi connectivity index (χ0) is 41.3. The zero-order valence-corrected chi connectivity index (χ0v) is 31.1. The average molecular weight is 818 g/mol. The van der Waals surface area contributed by atoms with Crippen LogP contribution in [0.5, 0.6) is 0 Å². The fourth-order valence-corrected chi connectivity index (χ4v) is 7.97. The van der Waals surface area contributed by atoms with Crippen molar-refractivity contribution in [3.63, 3.8) is 0 Å². The number of benzene rings is 2. The molecule has 3 atom stereocenters. The molecule has 17 heteroatoms. The van der Waals surface area contributed by atoms with Gasteiger partial charge in [0.15, 0.2) is 5.78 Å². The number of Topliss-reactive ketones (excluding diaryl/α,β-unsaturated/α-hetero) is 2.